The van der Waals surface area contributed by atoms with Crippen molar-refractivity contribution in [3.05, 3.63) is 0 Å². The van der Waals surface area contributed by atoms with Gasteiger partial charge in [-0.3, -0.25) is 0 Å². The molecule has 1 N–H and O–H groups in total. The minimum Gasteiger partial charge on any atom is -0.311 e. The van der Waals surface area contributed by atoms with Crippen molar-refractivity contribution < 1.29 is 0 Å². The summed E-state index contributed by atoms with van der Waals surface area (Å²) < 4.78 is 0. The molecule has 2 rings (SSSR count). The molecule has 2 saturated carbocycles. The zero-order chi connectivity index (χ0) is 9.10. The highest BCUT2D eigenvalue weighted by molar-refractivity contribution is 4.84. The van der Waals surface area contributed by atoms with Crippen molar-refractivity contribution >= 4 is 0 Å². The van der Waals surface area contributed by atoms with Crippen LogP contribution in [-0.2, 0) is 0 Å². The Kier molecular flexibility index (Phi) is 3.26. The monoisotopic (exact) mass is 181 g/mol. The molecular weight excluding hydrogens is 158 g/mol. The fourth-order valence-electron chi connectivity index (χ4n) is 3.02. The fraction of sp³-hybridized carbons (Fsp3) is 1.00. The van der Waals surface area contributed by atoms with E-state index < -0.39 is 0 Å². The van der Waals surface area contributed by atoms with Crippen molar-refractivity contribution in [3.8, 4) is 0 Å². The minimum absolute atomic E-state index is 0.869. The number of rotatable bonds is 3. The molecule has 1 heteroatoms. The van der Waals surface area contributed by atoms with Gasteiger partial charge >= 0.3 is 0 Å². The molecule has 1 nitrogen and oxygen atoms in total. The summed E-state index contributed by atoms with van der Waals surface area (Å²) >= 11 is 0. The second-order valence-electron chi connectivity index (χ2n) is 4.93. The zero-order valence-corrected chi connectivity index (χ0v) is 8.89. The van der Waals surface area contributed by atoms with Gasteiger partial charge in [0, 0.05) is 12.1 Å². The molecule has 0 heterocycles. The number of hydrogen-bond donors (Lipinski definition) is 1. The highest BCUT2D eigenvalue weighted by Gasteiger charge is 2.26. The minimum atomic E-state index is 0.869. The summed E-state index contributed by atoms with van der Waals surface area (Å²) in [6.45, 7) is 2.34. The van der Waals surface area contributed by atoms with E-state index >= 15 is 0 Å². The van der Waals surface area contributed by atoms with E-state index in [1.165, 1.54) is 51.4 Å². The maximum absolute atomic E-state index is 3.84. The highest BCUT2D eigenvalue weighted by atomic mass is 15.0. The summed E-state index contributed by atoms with van der Waals surface area (Å²) in [5.41, 5.74) is 0. The van der Waals surface area contributed by atoms with Crippen molar-refractivity contribution in [2.24, 2.45) is 5.92 Å². The second-order valence-corrected chi connectivity index (χ2v) is 4.93. The lowest BCUT2D eigenvalue weighted by Gasteiger charge is -2.18. The van der Waals surface area contributed by atoms with Crippen LogP contribution in [0.25, 0.3) is 0 Å². The molecule has 0 spiro atoms. The molecule has 76 valence electrons. The van der Waals surface area contributed by atoms with E-state index in [0.717, 1.165) is 18.0 Å². The predicted octanol–water partition coefficient (Wildman–Crippen LogP) is 3.10. The van der Waals surface area contributed by atoms with Crippen molar-refractivity contribution in [1.82, 2.24) is 5.32 Å². The average Bonchev–Trinajstić information content (AvgIpc) is 2.76. The number of hydrogen-bond acceptors (Lipinski definition) is 1. The fourth-order valence-corrected chi connectivity index (χ4v) is 3.02. The SMILES string of the molecule is CCC1CCC(NC2CCCC2)C1. The van der Waals surface area contributed by atoms with Gasteiger partial charge in [0.05, 0.1) is 0 Å². The van der Waals surface area contributed by atoms with Gasteiger partial charge in [0.2, 0.25) is 0 Å². The molecule has 2 fully saturated rings. The first-order valence-corrected chi connectivity index (χ1v) is 6.14. The smallest absolute Gasteiger partial charge is 0.00723 e. The van der Waals surface area contributed by atoms with Gasteiger partial charge in [-0.05, 0) is 38.0 Å². The Labute approximate surface area is 82.3 Å². The van der Waals surface area contributed by atoms with E-state index in [9.17, 15) is 0 Å². The van der Waals surface area contributed by atoms with Gasteiger partial charge in [0.15, 0.2) is 0 Å². The summed E-state index contributed by atoms with van der Waals surface area (Å²) in [5.74, 6) is 1.03. The van der Waals surface area contributed by atoms with Gasteiger partial charge in [-0.25, -0.2) is 0 Å². The summed E-state index contributed by atoms with van der Waals surface area (Å²) in [4.78, 5) is 0. The van der Waals surface area contributed by atoms with Gasteiger partial charge in [0.1, 0.15) is 0 Å². The van der Waals surface area contributed by atoms with E-state index in [2.05, 4.69) is 12.2 Å². The maximum Gasteiger partial charge on any atom is 0.00723 e. The van der Waals surface area contributed by atoms with Gasteiger partial charge in [-0.2, -0.15) is 0 Å². The molecule has 0 aliphatic heterocycles. The van der Waals surface area contributed by atoms with Crippen LogP contribution in [0.4, 0.5) is 0 Å². The Bertz CT molecular complexity index is 149. The van der Waals surface area contributed by atoms with Crippen LogP contribution in [0.3, 0.4) is 0 Å². The van der Waals surface area contributed by atoms with E-state index in [1.807, 2.05) is 0 Å². The van der Waals surface area contributed by atoms with E-state index in [4.69, 9.17) is 0 Å². The first kappa shape index (κ1) is 9.51. The van der Waals surface area contributed by atoms with Gasteiger partial charge in [-0.1, -0.05) is 26.2 Å². The first-order valence-electron chi connectivity index (χ1n) is 6.14. The Morgan fingerprint density at radius 2 is 1.77 bits per heavy atom. The van der Waals surface area contributed by atoms with Crippen LogP contribution >= 0.6 is 0 Å². The normalized spacial score (nSPS) is 35.8. The van der Waals surface area contributed by atoms with Crippen molar-refractivity contribution in [1.29, 1.82) is 0 Å². The molecule has 13 heavy (non-hydrogen) atoms. The standard InChI is InChI=1S/C12H23N/c1-2-10-7-8-12(9-10)13-11-5-3-4-6-11/h10-13H,2-9H2,1H3. The maximum atomic E-state index is 3.84. The van der Waals surface area contributed by atoms with Crippen LogP contribution in [0.15, 0.2) is 0 Å². The molecule has 2 aliphatic rings. The lowest BCUT2D eigenvalue weighted by molar-refractivity contribution is 0.418. The highest BCUT2D eigenvalue weighted by Crippen LogP contribution is 2.29. The summed E-state index contributed by atoms with van der Waals surface area (Å²) in [7, 11) is 0. The summed E-state index contributed by atoms with van der Waals surface area (Å²) in [6.07, 6.45) is 11.6. The molecule has 0 bridgehead atoms. The van der Waals surface area contributed by atoms with Crippen LogP contribution in [-0.4, -0.2) is 12.1 Å². The first-order chi connectivity index (χ1) is 6.38. The number of nitrogens with one attached hydrogen (secondary N) is 1. The largest absolute Gasteiger partial charge is 0.311 e. The molecule has 0 aromatic rings. The molecule has 0 radical (unpaired) electrons. The van der Waals surface area contributed by atoms with Crippen molar-refractivity contribution in [2.75, 3.05) is 0 Å². The lowest BCUT2D eigenvalue weighted by Crippen LogP contribution is -2.34. The van der Waals surface area contributed by atoms with Crippen LogP contribution in [0.5, 0.6) is 0 Å². The van der Waals surface area contributed by atoms with Crippen LogP contribution < -0.4 is 5.32 Å². The molecule has 0 amide bonds. The quantitative estimate of drug-likeness (QED) is 0.705. The average molecular weight is 181 g/mol. The van der Waals surface area contributed by atoms with Gasteiger partial charge < -0.3 is 5.32 Å². The Morgan fingerprint density at radius 3 is 2.38 bits per heavy atom. The van der Waals surface area contributed by atoms with Gasteiger partial charge in [-0.15, -0.1) is 0 Å². The third-order valence-electron chi connectivity index (χ3n) is 3.95. The summed E-state index contributed by atoms with van der Waals surface area (Å²) in [5, 5.41) is 3.84. The third kappa shape index (κ3) is 2.46. The Balaban J connectivity index is 1.70. The van der Waals surface area contributed by atoms with Crippen molar-refractivity contribution in [2.45, 2.75) is 70.4 Å². The zero-order valence-electron chi connectivity index (χ0n) is 8.89. The second kappa shape index (κ2) is 4.45. The molecule has 0 saturated heterocycles. The molecular formula is C12H23N. The molecule has 2 aliphatic carbocycles. The predicted molar refractivity (Wildman–Crippen MR) is 56.8 cm³/mol. The molecule has 0 aromatic heterocycles. The molecule has 2 unspecified atom stereocenters. The van der Waals surface area contributed by atoms with Crippen LogP contribution in [0.1, 0.15) is 58.3 Å². The summed E-state index contributed by atoms with van der Waals surface area (Å²) in [6, 6.07) is 1.74. The van der Waals surface area contributed by atoms with Crippen LogP contribution in [0.2, 0.25) is 0 Å². The Morgan fingerprint density at radius 1 is 1.00 bits per heavy atom. The topological polar surface area (TPSA) is 12.0 Å². The van der Waals surface area contributed by atoms with Gasteiger partial charge in [0.25, 0.3) is 0 Å². The third-order valence-corrected chi connectivity index (χ3v) is 3.95. The molecule has 0 aromatic carbocycles. The van der Waals surface area contributed by atoms with Crippen molar-refractivity contribution in [3.63, 3.8) is 0 Å². The van der Waals surface area contributed by atoms with E-state index in [0.29, 0.717) is 0 Å². The van der Waals surface area contributed by atoms with Crippen LogP contribution in [0, 0.1) is 5.92 Å². The lowest BCUT2D eigenvalue weighted by atomic mass is 10.1. The van der Waals surface area contributed by atoms with E-state index in [1.54, 1.807) is 0 Å². The molecule has 2 atom stereocenters. The van der Waals surface area contributed by atoms with E-state index in [-0.39, 0.29) is 0 Å². The Hall–Kier alpha value is -0.0400.